The second kappa shape index (κ2) is 15.4. The second-order valence-corrected chi connectivity index (χ2v) is 13.3. The lowest BCUT2D eigenvalue weighted by atomic mass is 9.85. The van der Waals surface area contributed by atoms with Gasteiger partial charge in [0.05, 0.1) is 0 Å². The molecule has 0 fully saturated rings. The van der Waals surface area contributed by atoms with E-state index in [1.54, 1.807) is 0 Å². The fraction of sp³-hybridized carbons (Fsp3) is 0.0385. The molecule has 260 valence electrons. The summed E-state index contributed by atoms with van der Waals surface area (Å²) in [6.07, 6.45) is 0. The summed E-state index contributed by atoms with van der Waals surface area (Å²) >= 11 is 3.03. The van der Waals surface area contributed by atoms with Gasteiger partial charge in [-0.2, -0.15) is 0 Å². The Kier molecular flexibility index (Phi) is 9.96. The molecular formula is C52H41NS. The van der Waals surface area contributed by atoms with Gasteiger partial charge in [-0.25, -0.2) is 0 Å². The normalized spacial score (nSPS) is 11.0. The van der Waals surface area contributed by atoms with Crippen LogP contribution in [0.15, 0.2) is 194 Å². The highest BCUT2D eigenvalue weighted by Gasteiger charge is 2.17. The molecule has 0 radical (unpaired) electrons. The number of rotatable bonds is 4. The van der Waals surface area contributed by atoms with E-state index in [2.05, 4.69) is 212 Å². The van der Waals surface area contributed by atoms with Gasteiger partial charge in [-0.1, -0.05) is 178 Å². The molecule has 2 heteroatoms. The third kappa shape index (κ3) is 6.41. The van der Waals surface area contributed by atoms with Crippen LogP contribution in [0.3, 0.4) is 0 Å². The zero-order chi connectivity index (χ0) is 37.0. The summed E-state index contributed by atoms with van der Waals surface area (Å²) in [6, 6.07) is 71.4. The first kappa shape index (κ1) is 34.9. The monoisotopic (exact) mass is 711 g/mol. The van der Waals surface area contributed by atoms with Crippen LogP contribution in [0, 0.1) is 0 Å². The molecule has 0 saturated carbocycles. The number of thiol groups is 1. The second-order valence-electron chi connectivity index (χ2n) is 13.3. The molecule has 0 atom stereocenters. The minimum absolute atomic E-state index is 1.22. The Morgan fingerprint density at radius 3 is 0.981 bits per heavy atom. The summed E-state index contributed by atoms with van der Waals surface area (Å²) in [6.45, 7) is 4.00. The van der Waals surface area contributed by atoms with Crippen LogP contribution in [0.25, 0.3) is 98.4 Å². The van der Waals surface area contributed by atoms with Crippen LogP contribution < -0.4 is 5.14 Å². The summed E-state index contributed by atoms with van der Waals surface area (Å²) in [5.41, 5.74) is 9.97. The molecule has 0 amide bonds. The summed E-state index contributed by atoms with van der Waals surface area (Å²) in [5, 5.41) is 16.8. The van der Waals surface area contributed by atoms with E-state index in [0.717, 1.165) is 0 Å². The van der Waals surface area contributed by atoms with Crippen LogP contribution in [0.5, 0.6) is 0 Å². The lowest BCUT2D eigenvalue weighted by Gasteiger charge is -2.18. The highest BCUT2D eigenvalue weighted by atomic mass is 32.1. The quantitative estimate of drug-likeness (QED) is 0.138. The van der Waals surface area contributed by atoms with Gasteiger partial charge in [0.2, 0.25) is 0 Å². The molecule has 0 saturated heterocycles. The molecular weight excluding hydrogens is 671 g/mol. The van der Waals surface area contributed by atoms with Crippen LogP contribution in [0.4, 0.5) is 0 Å². The number of nitrogens with two attached hydrogens (primary N) is 1. The van der Waals surface area contributed by atoms with Gasteiger partial charge in [0.25, 0.3) is 0 Å². The van der Waals surface area contributed by atoms with Crippen molar-refractivity contribution < 1.29 is 0 Å². The van der Waals surface area contributed by atoms with Crippen LogP contribution in [0.1, 0.15) is 13.8 Å². The third-order valence-corrected chi connectivity index (χ3v) is 10.4. The van der Waals surface area contributed by atoms with Gasteiger partial charge in [-0.3, -0.25) is 5.14 Å². The van der Waals surface area contributed by atoms with E-state index in [9.17, 15) is 0 Å². The largest absolute Gasteiger partial charge is 0.281 e. The highest BCUT2D eigenvalue weighted by molar-refractivity contribution is 7.77. The Morgan fingerprint density at radius 1 is 0.259 bits per heavy atom. The Hall–Kier alpha value is -6.19. The summed E-state index contributed by atoms with van der Waals surface area (Å²) < 4.78 is 0. The fourth-order valence-corrected chi connectivity index (χ4v) is 7.92. The van der Waals surface area contributed by atoms with Gasteiger partial charge in [0.15, 0.2) is 0 Å². The van der Waals surface area contributed by atoms with Crippen LogP contribution in [0.2, 0.25) is 0 Å². The average molecular weight is 712 g/mol. The predicted octanol–water partition coefficient (Wildman–Crippen LogP) is 14.9. The summed E-state index contributed by atoms with van der Waals surface area (Å²) in [7, 11) is 0. The molecule has 0 unspecified atom stereocenters. The van der Waals surface area contributed by atoms with Crippen molar-refractivity contribution in [2.24, 2.45) is 5.14 Å². The lowest BCUT2D eigenvalue weighted by molar-refractivity contribution is 1.50. The van der Waals surface area contributed by atoms with Crippen molar-refractivity contribution in [1.29, 1.82) is 0 Å². The van der Waals surface area contributed by atoms with Crippen molar-refractivity contribution in [2.45, 2.75) is 13.8 Å². The maximum atomic E-state index is 4.19. The Labute approximate surface area is 322 Å². The van der Waals surface area contributed by atoms with Gasteiger partial charge in [-0.05, 0) is 129 Å². The Balaban J connectivity index is 0.00000100. The number of benzene rings is 10. The summed E-state index contributed by atoms with van der Waals surface area (Å²) in [4.78, 5) is 0. The molecule has 0 aliphatic rings. The highest BCUT2D eigenvalue weighted by Crippen LogP contribution is 2.44. The van der Waals surface area contributed by atoms with Gasteiger partial charge in [0.1, 0.15) is 0 Å². The molecule has 2 N–H and O–H groups in total. The SMILES string of the molecule is CC.NS.c1cc(-c2ccc3cc(-c4ccc5ccccc5c4)ccc3c2)cc(-c2c3ccccc3c(-c3ccc4ccccc4c3)c3ccccc23)c1. The van der Waals surface area contributed by atoms with Crippen molar-refractivity contribution >= 4 is 66.7 Å². The van der Waals surface area contributed by atoms with E-state index in [1.807, 2.05) is 13.8 Å². The molecule has 0 heterocycles. The number of hydrogen-bond acceptors (Lipinski definition) is 2. The predicted molar refractivity (Wildman–Crippen MR) is 240 cm³/mol. The standard InChI is InChI=1S/C50H32.C2H6.H3NS/c1-3-12-35-28-39(22-20-33(35)10-1)41-26-25-40-29-38(23-24-42(40)30-41)37-14-9-15-43(32-37)49-45-16-5-7-18-47(45)50(48-19-8-6-17-46(48)49)44-27-21-34-11-2-4-13-36(34)31-44;2*1-2/h1-32H;1-2H3;2H,1H2. The van der Waals surface area contributed by atoms with Crippen LogP contribution in [-0.4, -0.2) is 0 Å². The summed E-state index contributed by atoms with van der Waals surface area (Å²) in [5.74, 6) is 0. The van der Waals surface area contributed by atoms with Crippen molar-refractivity contribution in [3.63, 3.8) is 0 Å². The fourth-order valence-electron chi connectivity index (χ4n) is 7.92. The van der Waals surface area contributed by atoms with Crippen molar-refractivity contribution in [3.8, 4) is 44.5 Å². The van der Waals surface area contributed by atoms with Gasteiger partial charge < -0.3 is 0 Å². The maximum absolute atomic E-state index is 4.19. The average Bonchev–Trinajstić information content (AvgIpc) is 3.26. The first-order valence-corrected chi connectivity index (χ1v) is 19.1. The molecule has 0 aromatic heterocycles. The maximum Gasteiger partial charge on any atom is -0.00262 e. The lowest BCUT2D eigenvalue weighted by Crippen LogP contribution is -1.91. The van der Waals surface area contributed by atoms with E-state index in [-0.39, 0.29) is 0 Å². The molecule has 1 nitrogen and oxygen atoms in total. The molecule has 10 aromatic carbocycles. The Bertz CT molecular complexity index is 2880. The zero-order valence-corrected chi connectivity index (χ0v) is 31.4. The van der Waals surface area contributed by atoms with Gasteiger partial charge in [-0.15, -0.1) is 12.8 Å². The van der Waals surface area contributed by atoms with Crippen molar-refractivity contribution in [1.82, 2.24) is 0 Å². The van der Waals surface area contributed by atoms with Crippen molar-refractivity contribution in [3.05, 3.63) is 194 Å². The zero-order valence-electron chi connectivity index (χ0n) is 30.5. The van der Waals surface area contributed by atoms with E-state index in [4.69, 9.17) is 0 Å². The first-order chi connectivity index (χ1) is 26.8. The molecule has 0 bridgehead atoms. The van der Waals surface area contributed by atoms with Gasteiger partial charge >= 0.3 is 0 Å². The van der Waals surface area contributed by atoms with Gasteiger partial charge in [0, 0.05) is 0 Å². The Morgan fingerprint density at radius 2 is 0.537 bits per heavy atom. The molecule has 0 aliphatic carbocycles. The minimum atomic E-state index is 1.22. The molecule has 0 aliphatic heterocycles. The molecule has 0 spiro atoms. The van der Waals surface area contributed by atoms with E-state index >= 15 is 0 Å². The number of fused-ring (bicyclic) bond motifs is 5. The van der Waals surface area contributed by atoms with E-state index in [0.29, 0.717) is 0 Å². The molecule has 10 aromatic rings. The van der Waals surface area contributed by atoms with E-state index in [1.165, 1.54) is 98.4 Å². The van der Waals surface area contributed by atoms with E-state index < -0.39 is 0 Å². The third-order valence-electron chi connectivity index (χ3n) is 10.4. The van der Waals surface area contributed by atoms with Crippen LogP contribution in [-0.2, 0) is 0 Å². The van der Waals surface area contributed by atoms with Crippen LogP contribution >= 0.6 is 12.8 Å². The first-order valence-electron chi connectivity index (χ1n) is 18.6. The topological polar surface area (TPSA) is 26.0 Å². The molecule has 10 rings (SSSR count). The smallest absolute Gasteiger partial charge is 0.00262 e. The van der Waals surface area contributed by atoms with Crippen molar-refractivity contribution in [2.75, 3.05) is 0 Å². The molecule has 54 heavy (non-hydrogen) atoms. The number of hydrogen-bond donors (Lipinski definition) is 2. The minimum Gasteiger partial charge on any atom is -0.281 e.